The number of rotatable bonds is 7. The van der Waals surface area contributed by atoms with E-state index >= 15 is 0 Å². The van der Waals surface area contributed by atoms with Gasteiger partial charge in [0, 0.05) is 18.0 Å². The number of nitrogens with one attached hydrogen (secondary N) is 1. The lowest BCUT2D eigenvalue weighted by Crippen LogP contribution is -2.30. The Kier molecular flexibility index (Phi) is 6.00. The lowest BCUT2D eigenvalue weighted by molar-refractivity contribution is -0.0702. The molecule has 0 saturated carbocycles. The average molecular weight is 296 g/mol. The summed E-state index contributed by atoms with van der Waals surface area (Å²) in [5, 5.41) is 4.70. The Morgan fingerprint density at radius 3 is 2.80 bits per heavy atom. The van der Waals surface area contributed by atoms with Crippen LogP contribution in [0.3, 0.4) is 0 Å². The van der Waals surface area contributed by atoms with E-state index in [-0.39, 0.29) is 5.60 Å². The molecule has 0 spiro atoms. The quantitative estimate of drug-likeness (QED) is 0.772. The molecule has 1 fully saturated rings. The Labute approximate surface area is 127 Å². The summed E-state index contributed by atoms with van der Waals surface area (Å²) in [4.78, 5) is 6.34. The maximum Gasteiger partial charge on any atom is 0.125 e. The largest absolute Gasteiger partial charge is 0.368 e. The van der Waals surface area contributed by atoms with E-state index in [1.807, 2.05) is 11.3 Å². The third-order valence-corrected chi connectivity index (χ3v) is 5.24. The zero-order valence-electron chi connectivity index (χ0n) is 13.1. The molecule has 4 heteroatoms. The molecule has 1 aromatic heterocycles. The van der Waals surface area contributed by atoms with Gasteiger partial charge in [-0.15, -0.1) is 11.3 Å². The third kappa shape index (κ3) is 3.80. The summed E-state index contributed by atoms with van der Waals surface area (Å²) in [5.41, 5.74) is 1.14. The van der Waals surface area contributed by atoms with Gasteiger partial charge in [-0.05, 0) is 45.6 Å². The molecule has 0 amide bonds. The number of ether oxygens (including phenoxy) is 1. The molecule has 1 aliphatic heterocycles. The van der Waals surface area contributed by atoms with E-state index in [1.54, 1.807) is 0 Å². The van der Waals surface area contributed by atoms with Crippen LogP contribution in [-0.4, -0.2) is 18.1 Å². The molecule has 2 rings (SSSR count). The fourth-order valence-electron chi connectivity index (χ4n) is 2.66. The molecule has 2 heterocycles. The highest BCUT2D eigenvalue weighted by molar-refractivity contribution is 7.11. The van der Waals surface area contributed by atoms with Crippen LogP contribution in [0.5, 0.6) is 0 Å². The Morgan fingerprint density at radius 2 is 2.15 bits per heavy atom. The summed E-state index contributed by atoms with van der Waals surface area (Å²) in [6, 6.07) is 0. The molecule has 3 nitrogen and oxygen atoms in total. The Hall–Kier alpha value is -0.450. The van der Waals surface area contributed by atoms with Crippen LogP contribution >= 0.6 is 11.3 Å². The third-order valence-electron chi connectivity index (χ3n) is 3.90. The molecule has 114 valence electrons. The fourth-order valence-corrected chi connectivity index (χ4v) is 3.87. The van der Waals surface area contributed by atoms with Crippen molar-refractivity contribution in [2.24, 2.45) is 0 Å². The van der Waals surface area contributed by atoms with Crippen LogP contribution in [0, 0.1) is 0 Å². The molecule has 1 unspecified atom stereocenters. The van der Waals surface area contributed by atoms with Gasteiger partial charge >= 0.3 is 0 Å². The first-order chi connectivity index (χ1) is 9.69. The van der Waals surface area contributed by atoms with Crippen molar-refractivity contribution in [1.82, 2.24) is 10.3 Å². The molecule has 0 aromatic carbocycles. The van der Waals surface area contributed by atoms with Gasteiger partial charge in [-0.2, -0.15) is 0 Å². The summed E-state index contributed by atoms with van der Waals surface area (Å²) < 4.78 is 6.05. The maximum absolute atomic E-state index is 6.05. The smallest absolute Gasteiger partial charge is 0.125 e. The lowest BCUT2D eigenvalue weighted by Gasteiger charge is -2.31. The number of aryl methyl sites for hydroxylation is 1. The van der Waals surface area contributed by atoms with Gasteiger partial charge in [0.2, 0.25) is 0 Å². The Balaban J connectivity index is 2.14. The minimum absolute atomic E-state index is 0.144. The van der Waals surface area contributed by atoms with Gasteiger partial charge in [-0.1, -0.05) is 20.3 Å². The fraction of sp³-hybridized carbons (Fsp3) is 0.812. The predicted molar refractivity (Wildman–Crippen MR) is 85.3 cm³/mol. The highest BCUT2D eigenvalue weighted by atomic mass is 32.1. The monoisotopic (exact) mass is 296 g/mol. The zero-order chi connectivity index (χ0) is 14.4. The standard InChI is InChI=1S/C16H28N2OS/c1-4-8-13-14(12-17-10-5-2)20-15(18-13)16(3)9-6-7-11-19-16/h17H,4-12H2,1-3H3. The SMILES string of the molecule is CCCNCc1sc(C2(C)CCCCO2)nc1CCC. The van der Waals surface area contributed by atoms with E-state index in [9.17, 15) is 0 Å². The van der Waals surface area contributed by atoms with Crippen molar-refractivity contribution in [2.45, 2.75) is 71.4 Å². The Morgan fingerprint density at radius 1 is 1.30 bits per heavy atom. The molecular formula is C16H28N2OS. The minimum Gasteiger partial charge on any atom is -0.368 e. The summed E-state index contributed by atoms with van der Waals surface area (Å²) >= 11 is 1.86. The second kappa shape index (κ2) is 7.53. The van der Waals surface area contributed by atoms with Gasteiger partial charge in [0.15, 0.2) is 0 Å². The molecule has 1 saturated heterocycles. The molecule has 20 heavy (non-hydrogen) atoms. The minimum atomic E-state index is -0.144. The summed E-state index contributed by atoms with van der Waals surface area (Å²) in [6.07, 6.45) is 6.96. The van der Waals surface area contributed by atoms with Crippen LogP contribution in [-0.2, 0) is 23.3 Å². The normalized spacial score (nSPS) is 23.1. The van der Waals surface area contributed by atoms with Crippen LogP contribution in [0.1, 0.15) is 68.5 Å². The molecule has 1 atom stereocenters. The van der Waals surface area contributed by atoms with Crippen molar-refractivity contribution >= 4 is 11.3 Å². The number of nitrogens with zero attached hydrogens (tertiary/aromatic N) is 1. The van der Waals surface area contributed by atoms with Crippen molar-refractivity contribution in [3.63, 3.8) is 0 Å². The Bertz CT molecular complexity index is 411. The first kappa shape index (κ1) is 15.9. The van der Waals surface area contributed by atoms with Gasteiger partial charge in [0.05, 0.1) is 5.69 Å². The van der Waals surface area contributed by atoms with Crippen LogP contribution in [0.15, 0.2) is 0 Å². The summed E-state index contributed by atoms with van der Waals surface area (Å²) in [7, 11) is 0. The van der Waals surface area contributed by atoms with Gasteiger partial charge in [-0.3, -0.25) is 0 Å². The number of hydrogen-bond acceptors (Lipinski definition) is 4. The molecule has 0 aliphatic carbocycles. The number of thiazole rings is 1. The van der Waals surface area contributed by atoms with E-state index in [2.05, 4.69) is 26.1 Å². The average Bonchev–Trinajstić information content (AvgIpc) is 2.85. The van der Waals surface area contributed by atoms with E-state index in [0.29, 0.717) is 0 Å². The zero-order valence-corrected chi connectivity index (χ0v) is 13.9. The number of aromatic nitrogens is 1. The van der Waals surface area contributed by atoms with E-state index in [4.69, 9.17) is 9.72 Å². The molecule has 1 aromatic rings. The highest BCUT2D eigenvalue weighted by Gasteiger charge is 2.33. The summed E-state index contributed by atoms with van der Waals surface area (Å²) in [6.45, 7) is 9.55. The van der Waals surface area contributed by atoms with Crippen LogP contribution in [0.25, 0.3) is 0 Å². The van der Waals surface area contributed by atoms with Crippen molar-refractivity contribution in [2.75, 3.05) is 13.2 Å². The van der Waals surface area contributed by atoms with E-state index in [1.165, 1.54) is 34.8 Å². The van der Waals surface area contributed by atoms with Crippen molar-refractivity contribution in [3.05, 3.63) is 15.6 Å². The highest BCUT2D eigenvalue weighted by Crippen LogP contribution is 2.38. The summed E-state index contributed by atoms with van der Waals surface area (Å²) in [5.74, 6) is 0. The second-order valence-corrected chi connectivity index (χ2v) is 6.94. The van der Waals surface area contributed by atoms with Gasteiger partial charge in [-0.25, -0.2) is 4.98 Å². The van der Waals surface area contributed by atoms with Gasteiger partial charge in [0.25, 0.3) is 0 Å². The van der Waals surface area contributed by atoms with Crippen molar-refractivity contribution in [3.8, 4) is 0 Å². The van der Waals surface area contributed by atoms with Crippen LogP contribution in [0.2, 0.25) is 0 Å². The second-order valence-electron chi connectivity index (χ2n) is 5.85. The first-order valence-electron chi connectivity index (χ1n) is 8.03. The van der Waals surface area contributed by atoms with Gasteiger partial charge in [0.1, 0.15) is 10.6 Å². The molecular weight excluding hydrogens is 268 g/mol. The van der Waals surface area contributed by atoms with Crippen LogP contribution < -0.4 is 5.32 Å². The molecule has 1 N–H and O–H groups in total. The first-order valence-corrected chi connectivity index (χ1v) is 8.85. The maximum atomic E-state index is 6.05. The molecule has 1 aliphatic rings. The van der Waals surface area contributed by atoms with E-state index < -0.39 is 0 Å². The molecule has 0 radical (unpaired) electrons. The number of hydrogen-bond donors (Lipinski definition) is 1. The van der Waals surface area contributed by atoms with Crippen molar-refractivity contribution < 1.29 is 4.74 Å². The molecule has 0 bridgehead atoms. The van der Waals surface area contributed by atoms with Crippen molar-refractivity contribution in [1.29, 1.82) is 0 Å². The van der Waals surface area contributed by atoms with Crippen LogP contribution in [0.4, 0.5) is 0 Å². The lowest BCUT2D eigenvalue weighted by atomic mass is 9.97. The predicted octanol–water partition coefficient (Wildman–Crippen LogP) is 4.01. The van der Waals surface area contributed by atoms with Gasteiger partial charge < -0.3 is 10.1 Å². The van der Waals surface area contributed by atoms with E-state index in [0.717, 1.165) is 39.0 Å². The topological polar surface area (TPSA) is 34.1 Å².